The lowest BCUT2D eigenvalue weighted by molar-refractivity contribution is -0.384. The van der Waals surface area contributed by atoms with Gasteiger partial charge in [-0.1, -0.05) is 15.9 Å². The molecule has 0 unspecified atom stereocenters. The van der Waals surface area contributed by atoms with Crippen LogP contribution in [0.3, 0.4) is 0 Å². The Kier molecular flexibility index (Phi) is 4.76. The van der Waals surface area contributed by atoms with Crippen LogP contribution >= 0.6 is 15.9 Å². The molecule has 22 heavy (non-hydrogen) atoms. The van der Waals surface area contributed by atoms with Gasteiger partial charge in [-0.15, -0.1) is 0 Å². The van der Waals surface area contributed by atoms with Gasteiger partial charge in [0.15, 0.2) is 0 Å². The van der Waals surface area contributed by atoms with E-state index in [4.69, 9.17) is 0 Å². The van der Waals surface area contributed by atoms with Crippen LogP contribution in [0.15, 0.2) is 35.1 Å². The molecule has 0 fully saturated rings. The molecule has 1 heterocycles. The number of carbonyl (C=O) groups excluding carboxylic acids is 1. The minimum Gasteiger partial charge on any atom is -0.347 e. The van der Waals surface area contributed by atoms with Crippen molar-refractivity contribution >= 4 is 38.9 Å². The largest absolute Gasteiger partial charge is 0.347 e. The second-order valence-electron chi connectivity index (χ2n) is 4.76. The Balaban J connectivity index is 2.17. The molecule has 1 aromatic carbocycles. The average Bonchev–Trinajstić information content (AvgIpc) is 2.87. The van der Waals surface area contributed by atoms with E-state index in [0.717, 1.165) is 0 Å². The molecule has 116 valence electrons. The summed E-state index contributed by atoms with van der Waals surface area (Å²) < 4.78 is 2.09. The maximum absolute atomic E-state index is 11.6. The maximum Gasteiger partial charge on any atom is 0.293 e. The molecule has 1 N–H and O–H groups in total. The smallest absolute Gasteiger partial charge is 0.293 e. The summed E-state index contributed by atoms with van der Waals surface area (Å²) >= 11 is 3.20. The van der Waals surface area contributed by atoms with E-state index in [1.165, 1.54) is 21.8 Å². The Labute approximate surface area is 135 Å². The number of aromatic nitrogens is 2. The number of carbonyl (C=O) groups is 1. The summed E-state index contributed by atoms with van der Waals surface area (Å²) in [5, 5.41) is 18.1. The summed E-state index contributed by atoms with van der Waals surface area (Å²) in [6.45, 7) is 0.108. The summed E-state index contributed by atoms with van der Waals surface area (Å²) in [6.07, 6.45) is 3.13. The lowest BCUT2D eigenvalue weighted by atomic mass is 10.2. The van der Waals surface area contributed by atoms with Crippen LogP contribution in [-0.4, -0.2) is 39.6 Å². The van der Waals surface area contributed by atoms with E-state index in [1.54, 1.807) is 32.4 Å². The fourth-order valence-corrected chi connectivity index (χ4v) is 2.06. The molecule has 9 heteroatoms. The Morgan fingerprint density at radius 2 is 2.23 bits per heavy atom. The first kappa shape index (κ1) is 16.0. The highest BCUT2D eigenvalue weighted by Crippen LogP contribution is 2.30. The first-order valence-corrected chi connectivity index (χ1v) is 7.09. The third-order valence-electron chi connectivity index (χ3n) is 2.86. The molecule has 2 aromatic rings. The maximum atomic E-state index is 11.6. The zero-order valence-corrected chi connectivity index (χ0v) is 13.6. The van der Waals surface area contributed by atoms with Crippen molar-refractivity contribution < 1.29 is 9.72 Å². The van der Waals surface area contributed by atoms with Crippen LogP contribution in [0.5, 0.6) is 0 Å². The summed E-state index contributed by atoms with van der Waals surface area (Å²) in [5.41, 5.74) is 0.871. The van der Waals surface area contributed by atoms with Gasteiger partial charge in [-0.25, -0.2) is 0 Å². The van der Waals surface area contributed by atoms with E-state index in [9.17, 15) is 14.9 Å². The molecule has 0 radical (unpaired) electrons. The van der Waals surface area contributed by atoms with E-state index < -0.39 is 4.92 Å². The molecule has 1 amide bonds. The van der Waals surface area contributed by atoms with Gasteiger partial charge in [-0.05, 0) is 12.1 Å². The summed E-state index contributed by atoms with van der Waals surface area (Å²) in [4.78, 5) is 23.7. The van der Waals surface area contributed by atoms with Crippen molar-refractivity contribution in [1.29, 1.82) is 0 Å². The van der Waals surface area contributed by atoms with E-state index in [-0.39, 0.29) is 18.1 Å². The third kappa shape index (κ3) is 3.82. The number of nitrogens with one attached hydrogen (secondary N) is 1. The molecule has 0 saturated carbocycles. The first-order valence-electron chi connectivity index (χ1n) is 6.30. The molecule has 8 nitrogen and oxygen atoms in total. The van der Waals surface area contributed by atoms with E-state index in [0.29, 0.717) is 15.8 Å². The van der Waals surface area contributed by atoms with Crippen molar-refractivity contribution in [3.05, 3.63) is 45.2 Å². The molecular formula is C13H14BrN5O3. The third-order valence-corrected chi connectivity index (χ3v) is 3.36. The van der Waals surface area contributed by atoms with Gasteiger partial charge in [0.2, 0.25) is 5.91 Å². The van der Waals surface area contributed by atoms with Crippen LogP contribution < -0.4 is 5.32 Å². The van der Waals surface area contributed by atoms with E-state index >= 15 is 0 Å². The standard InChI is InChI=1S/C13H14BrN5O3/c1-17(2)13(20)8-18-7-10(6-15-18)16-11-4-3-9(14)5-12(11)19(21)22/h3-7,16H,8H2,1-2H3. The SMILES string of the molecule is CN(C)C(=O)Cn1cc(Nc2ccc(Br)cc2[N+](=O)[O-])cn1. The molecule has 0 saturated heterocycles. The van der Waals surface area contributed by atoms with Crippen molar-refractivity contribution in [3.63, 3.8) is 0 Å². The highest BCUT2D eigenvalue weighted by atomic mass is 79.9. The molecule has 0 aliphatic heterocycles. The van der Waals surface area contributed by atoms with Crippen LogP contribution in [-0.2, 0) is 11.3 Å². The van der Waals surface area contributed by atoms with Gasteiger partial charge in [0.25, 0.3) is 5.69 Å². The zero-order chi connectivity index (χ0) is 16.3. The number of anilines is 2. The van der Waals surface area contributed by atoms with Crippen molar-refractivity contribution in [1.82, 2.24) is 14.7 Å². The quantitative estimate of drug-likeness (QED) is 0.646. The van der Waals surface area contributed by atoms with E-state index in [2.05, 4.69) is 26.3 Å². The van der Waals surface area contributed by atoms with Crippen LogP contribution in [0.2, 0.25) is 0 Å². The number of likely N-dealkylation sites (N-methyl/N-ethyl adjacent to an activating group) is 1. The fourth-order valence-electron chi connectivity index (χ4n) is 1.71. The van der Waals surface area contributed by atoms with Crippen molar-refractivity contribution in [2.75, 3.05) is 19.4 Å². The normalized spacial score (nSPS) is 10.3. The number of benzene rings is 1. The van der Waals surface area contributed by atoms with E-state index in [1.807, 2.05) is 0 Å². The van der Waals surface area contributed by atoms with Gasteiger partial charge in [0, 0.05) is 30.8 Å². The monoisotopic (exact) mass is 367 g/mol. The van der Waals surface area contributed by atoms with Gasteiger partial charge in [0.1, 0.15) is 12.2 Å². The van der Waals surface area contributed by atoms with Crippen LogP contribution in [0.4, 0.5) is 17.1 Å². The molecule has 0 bridgehead atoms. The highest BCUT2D eigenvalue weighted by Gasteiger charge is 2.15. The minimum absolute atomic E-state index is 0.0495. The number of nitro groups is 1. The topological polar surface area (TPSA) is 93.3 Å². The molecule has 0 spiro atoms. The summed E-state index contributed by atoms with van der Waals surface area (Å²) in [7, 11) is 3.33. The first-order chi connectivity index (χ1) is 10.4. The molecule has 0 aliphatic rings. The zero-order valence-electron chi connectivity index (χ0n) is 12.0. The molecule has 1 aromatic heterocycles. The number of amides is 1. The summed E-state index contributed by atoms with van der Waals surface area (Å²) in [6, 6.07) is 4.72. The van der Waals surface area contributed by atoms with Gasteiger partial charge < -0.3 is 10.2 Å². The average molecular weight is 368 g/mol. The van der Waals surface area contributed by atoms with Crippen LogP contribution in [0.25, 0.3) is 0 Å². The van der Waals surface area contributed by atoms with Crippen LogP contribution in [0.1, 0.15) is 0 Å². The molecule has 0 aliphatic carbocycles. The second kappa shape index (κ2) is 6.56. The van der Waals surface area contributed by atoms with Crippen molar-refractivity contribution in [3.8, 4) is 0 Å². The number of hydrogen-bond donors (Lipinski definition) is 1. The summed E-state index contributed by atoms with van der Waals surface area (Å²) in [5.74, 6) is -0.0933. The van der Waals surface area contributed by atoms with Gasteiger partial charge >= 0.3 is 0 Å². The van der Waals surface area contributed by atoms with Crippen molar-refractivity contribution in [2.45, 2.75) is 6.54 Å². The minimum atomic E-state index is -0.465. The lowest BCUT2D eigenvalue weighted by Gasteiger charge is -2.09. The number of halogens is 1. The predicted molar refractivity (Wildman–Crippen MR) is 85.0 cm³/mol. The highest BCUT2D eigenvalue weighted by molar-refractivity contribution is 9.10. The number of rotatable bonds is 5. The second-order valence-corrected chi connectivity index (χ2v) is 5.67. The molecular weight excluding hydrogens is 354 g/mol. The van der Waals surface area contributed by atoms with Gasteiger partial charge in [0.05, 0.1) is 16.8 Å². The number of hydrogen-bond acceptors (Lipinski definition) is 5. The number of nitro benzene ring substituents is 1. The predicted octanol–water partition coefficient (Wildman–Crippen LogP) is 2.39. The fraction of sp³-hybridized carbons (Fsp3) is 0.231. The Morgan fingerprint density at radius 1 is 1.50 bits per heavy atom. The Bertz CT molecular complexity index is 713. The number of nitrogens with zero attached hydrogens (tertiary/aromatic N) is 4. The van der Waals surface area contributed by atoms with Gasteiger partial charge in [-0.2, -0.15) is 5.10 Å². The lowest BCUT2D eigenvalue weighted by Crippen LogP contribution is -2.26. The Morgan fingerprint density at radius 3 is 2.86 bits per heavy atom. The molecule has 0 atom stereocenters. The molecule has 2 rings (SSSR count). The Hall–Kier alpha value is -2.42. The van der Waals surface area contributed by atoms with Crippen molar-refractivity contribution in [2.24, 2.45) is 0 Å². The van der Waals surface area contributed by atoms with Crippen LogP contribution in [0, 0.1) is 10.1 Å². The van der Waals surface area contributed by atoms with Gasteiger partial charge in [-0.3, -0.25) is 19.6 Å².